The summed E-state index contributed by atoms with van der Waals surface area (Å²) in [6.07, 6.45) is 3.08. The molecule has 10 heteroatoms. The van der Waals surface area contributed by atoms with E-state index in [2.05, 4.69) is 37.5 Å². The molecule has 2 unspecified atom stereocenters. The van der Waals surface area contributed by atoms with Crippen LogP contribution in [0, 0.1) is 5.92 Å². The van der Waals surface area contributed by atoms with Crippen LogP contribution in [0.2, 0.25) is 0 Å². The quantitative estimate of drug-likeness (QED) is 0.195. The monoisotopic (exact) mass is 603 g/mol. The molecule has 0 saturated carbocycles. The van der Waals surface area contributed by atoms with Crippen LogP contribution in [0.5, 0.6) is 0 Å². The third-order valence-corrected chi connectivity index (χ3v) is 8.08. The van der Waals surface area contributed by atoms with E-state index in [1.165, 1.54) is 12.1 Å². The van der Waals surface area contributed by atoms with E-state index in [0.717, 1.165) is 70.5 Å². The van der Waals surface area contributed by atoms with Crippen molar-refractivity contribution in [2.75, 3.05) is 36.0 Å². The van der Waals surface area contributed by atoms with Crippen molar-refractivity contribution in [1.29, 1.82) is 0 Å². The topological polar surface area (TPSA) is 81.9 Å². The van der Waals surface area contributed by atoms with Gasteiger partial charge in [0.1, 0.15) is 11.7 Å². The van der Waals surface area contributed by atoms with Crippen LogP contribution >= 0.6 is 0 Å². The molecule has 7 nitrogen and oxygen atoms in total. The Morgan fingerprint density at radius 2 is 1.37 bits per heavy atom. The predicted molar refractivity (Wildman–Crippen MR) is 168 cm³/mol. The molecule has 0 fully saturated rings. The first-order chi connectivity index (χ1) is 20.6. The molecule has 43 heavy (non-hydrogen) atoms. The smallest absolute Gasteiger partial charge is 0.416 e. The van der Waals surface area contributed by atoms with Crippen molar-refractivity contribution in [2.45, 2.75) is 105 Å². The van der Waals surface area contributed by atoms with E-state index in [1.54, 1.807) is 13.0 Å². The number of aliphatic imine (C=N–C) groups is 1. The summed E-state index contributed by atoms with van der Waals surface area (Å²) in [5.41, 5.74) is -0.226. The van der Waals surface area contributed by atoms with Crippen LogP contribution in [-0.2, 0) is 11.0 Å². The maximum Gasteiger partial charge on any atom is 0.416 e. The molecule has 0 radical (unpaired) electrons. The molecule has 0 amide bonds. The second-order valence-corrected chi connectivity index (χ2v) is 11.3. The fourth-order valence-electron chi connectivity index (χ4n) is 5.72. The number of carboxylic acids is 1. The van der Waals surface area contributed by atoms with Crippen molar-refractivity contribution in [3.05, 3.63) is 41.0 Å². The number of halogens is 3. The lowest BCUT2D eigenvalue weighted by Crippen LogP contribution is -2.37. The highest BCUT2D eigenvalue weighted by Gasteiger charge is 2.46. The summed E-state index contributed by atoms with van der Waals surface area (Å²) in [5, 5.41) is 10.5. The Morgan fingerprint density at radius 1 is 0.837 bits per heavy atom. The van der Waals surface area contributed by atoms with Crippen LogP contribution in [-0.4, -0.2) is 52.9 Å². The third kappa shape index (κ3) is 8.26. The normalized spacial score (nSPS) is 16.5. The molecule has 0 aliphatic carbocycles. The van der Waals surface area contributed by atoms with Crippen molar-refractivity contribution >= 4 is 29.3 Å². The van der Waals surface area contributed by atoms with Gasteiger partial charge < -0.3 is 14.9 Å². The Kier molecular flexibility index (Phi) is 12.8. The van der Waals surface area contributed by atoms with Crippen LogP contribution < -0.4 is 9.80 Å². The fraction of sp³-hybridized carbons (Fsp3) is 0.636. The molecular weight excluding hydrogens is 555 g/mol. The molecule has 1 aliphatic rings. The van der Waals surface area contributed by atoms with Gasteiger partial charge in [0.15, 0.2) is 5.82 Å². The van der Waals surface area contributed by atoms with E-state index in [9.17, 15) is 23.1 Å². The van der Waals surface area contributed by atoms with Crippen molar-refractivity contribution in [3.8, 4) is 0 Å². The number of unbranched alkanes of at least 4 members (excludes halogenated alkanes) is 4. The molecule has 1 aliphatic heterocycles. The summed E-state index contributed by atoms with van der Waals surface area (Å²) >= 11 is 0. The number of aromatic nitrogens is 2. The van der Waals surface area contributed by atoms with Crippen molar-refractivity contribution in [1.82, 2.24) is 9.97 Å². The van der Waals surface area contributed by atoms with E-state index < -0.39 is 29.5 Å². The molecular formula is C33H48F3N5O2. The van der Waals surface area contributed by atoms with E-state index in [4.69, 9.17) is 15.0 Å². The Morgan fingerprint density at radius 3 is 1.86 bits per heavy atom. The standard InChI is InChI=1S/C33H48F3N5O2/c1-6-11-19-40(20-12-7-2)30-28-26(23-17-15-16-18-24(23)33(34,35)36)27(31(42)43)25(10-5)37-29(28)38-32(39-30)41(21-13-8-3)22-14-9-4/h15-18,26-27H,6-14,19-22H2,1-5H3,(H,42,43). The molecule has 2 atom stereocenters. The second kappa shape index (κ2) is 16.1. The number of fused-ring (bicyclic) bond motifs is 1. The average Bonchev–Trinajstić information content (AvgIpc) is 2.99. The molecule has 1 N–H and O–H groups in total. The number of anilines is 2. The van der Waals surface area contributed by atoms with E-state index in [1.807, 2.05) is 0 Å². The van der Waals surface area contributed by atoms with Gasteiger partial charge in [0.2, 0.25) is 5.95 Å². The number of carbonyl (C=O) groups is 1. The van der Waals surface area contributed by atoms with E-state index in [-0.39, 0.29) is 17.8 Å². The average molecular weight is 604 g/mol. The highest BCUT2D eigenvalue weighted by Crippen LogP contribution is 2.49. The molecule has 2 aromatic rings. The fourth-order valence-corrected chi connectivity index (χ4v) is 5.72. The number of carboxylic acid groups (broad SMARTS) is 1. The van der Waals surface area contributed by atoms with Gasteiger partial charge in [0, 0.05) is 43.4 Å². The van der Waals surface area contributed by atoms with Crippen LogP contribution in [0.3, 0.4) is 0 Å². The molecule has 3 rings (SSSR count). The van der Waals surface area contributed by atoms with Gasteiger partial charge in [-0.25, -0.2) is 4.99 Å². The molecule has 1 aromatic carbocycles. The number of benzene rings is 1. The summed E-state index contributed by atoms with van der Waals surface area (Å²) in [5.74, 6) is -2.33. The lowest BCUT2D eigenvalue weighted by Gasteiger charge is -2.36. The first kappa shape index (κ1) is 34.3. The molecule has 0 bridgehead atoms. The second-order valence-electron chi connectivity index (χ2n) is 11.3. The predicted octanol–water partition coefficient (Wildman–Crippen LogP) is 8.64. The van der Waals surface area contributed by atoms with Crippen molar-refractivity contribution < 1.29 is 23.1 Å². The minimum Gasteiger partial charge on any atom is -0.481 e. The van der Waals surface area contributed by atoms with Gasteiger partial charge >= 0.3 is 12.1 Å². The van der Waals surface area contributed by atoms with Gasteiger partial charge in [0.05, 0.1) is 5.56 Å². The van der Waals surface area contributed by atoms with Crippen molar-refractivity contribution in [2.24, 2.45) is 10.9 Å². The van der Waals surface area contributed by atoms with Gasteiger partial charge in [-0.1, -0.05) is 78.5 Å². The summed E-state index contributed by atoms with van der Waals surface area (Å²) in [7, 11) is 0. The number of aliphatic carboxylic acids is 1. The van der Waals surface area contributed by atoms with Gasteiger partial charge in [-0.15, -0.1) is 0 Å². The largest absolute Gasteiger partial charge is 0.481 e. The highest BCUT2D eigenvalue weighted by atomic mass is 19.4. The van der Waals surface area contributed by atoms with Gasteiger partial charge in [-0.3, -0.25) is 4.79 Å². The SMILES string of the molecule is CCCCN(CCCC)c1nc2c(c(N(CCCC)CCCC)n1)C(c1ccccc1C(F)(F)F)C(C(=O)O)C(CC)=N2. The zero-order valence-corrected chi connectivity index (χ0v) is 26.4. The zero-order chi connectivity index (χ0) is 31.6. The number of hydrogen-bond donors (Lipinski definition) is 1. The third-order valence-electron chi connectivity index (χ3n) is 8.08. The minimum absolute atomic E-state index is 0.0816. The van der Waals surface area contributed by atoms with Crippen LogP contribution in [0.15, 0.2) is 29.3 Å². The molecule has 1 aromatic heterocycles. The first-order valence-electron chi connectivity index (χ1n) is 16.0. The number of alkyl halides is 3. The van der Waals surface area contributed by atoms with Gasteiger partial charge in [0.25, 0.3) is 0 Å². The molecule has 0 spiro atoms. The summed E-state index contributed by atoms with van der Waals surface area (Å²) in [6.45, 7) is 13.0. The summed E-state index contributed by atoms with van der Waals surface area (Å²) in [4.78, 5) is 32.0. The van der Waals surface area contributed by atoms with E-state index in [0.29, 0.717) is 36.1 Å². The summed E-state index contributed by atoms with van der Waals surface area (Å²) < 4.78 is 43.4. The lowest BCUT2D eigenvalue weighted by molar-refractivity contribution is -0.142. The summed E-state index contributed by atoms with van der Waals surface area (Å²) in [6, 6.07) is 5.32. The Hall–Kier alpha value is -3.17. The maximum absolute atomic E-state index is 14.5. The zero-order valence-electron chi connectivity index (χ0n) is 26.4. The van der Waals surface area contributed by atoms with Gasteiger partial charge in [-0.05, 0) is 43.7 Å². The van der Waals surface area contributed by atoms with Gasteiger partial charge in [-0.2, -0.15) is 23.1 Å². The first-order valence-corrected chi connectivity index (χ1v) is 16.0. The molecule has 2 heterocycles. The molecule has 238 valence electrons. The minimum atomic E-state index is -4.66. The Bertz CT molecular complexity index is 1220. The van der Waals surface area contributed by atoms with Crippen LogP contribution in [0.1, 0.15) is 115 Å². The number of nitrogens with zero attached hydrogens (tertiary/aromatic N) is 5. The number of rotatable bonds is 17. The maximum atomic E-state index is 14.5. The highest BCUT2D eigenvalue weighted by molar-refractivity contribution is 6.06. The van der Waals surface area contributed by atoms with E-state index >= 15 is 0 Å². The number of hydrogen-bond acceptors (Lipinski definition) is 6. The molecule has 0 saturated heterocycles. The Balaban J connectivity index is 2.44. The lowest BCUT2D eigenvalue weighted by atomic mass is 9.74. The van der Waals surface area contributed by atoms with Crippen LogP contribution in [0.25, 0.3) is 0 Å². The Labute approximate surface area is 254 Å². The van der Waals surface area contributed by atoms with Crippen LogP contribution in [0.4, 0.5) is 30.8 Å². The van der Waals surface area contributed by atoms with Crippen molar-refractivity contribution in [3.63, 3.8) is 0 Å².